The molecule has 29 heavy (non-hydrogen) atoms. The number of benzene rings is 1. The average Bonchev–Trinajstić information content (AvgIpc) is 2.61. The molecule has 0 spiro atoms. The van der Waals surface area contributed by atoms with E-state index < -0.39 is 11.7 Å². The van der Waals surface area contributed by atoms with E-state index in [-0.39, 0.29) is 6.03 Å². The number of urea groups is 1. The normalized spacial score (nSPS) is 10.9. The fourth-order valence-corrected chi connectivity index (χ4v) is 2.62. The van der Waals surface area contributed by atoms with E-state index in [2.05, 4.69) is 20.9 Å². The third-order valence-electron chi connectivity index (χ3n) is 3.54. The van der Waals surface area contributed by atoms with Gasteiger partial charge in [-0.15, -0.1) is 0 Å². The molecule has 156 valence electrons. The maximum absolute atomic E-state index is 11.9. The first-order chi connectivity index (χ1) is 13.6. The van der Waals surface area contributed by atoms with Gasteiger partial charge >= 0.3 is 12.1 Å². The number of rotatable bonds is 6. The van der Waals surface area contributed by atoms with E-state index in [1.165, 1.54) is 0 Å². The zero-order valence-electron chi connectivity index (χ0n) is 16.5. The lowest BCUT2D eigenvalue weighted by molar-refractivity contribution is 0.0635. The van der Waals surface area contributed by atoms with Gasteiger partial charge in [-0.25, -0.2) is 14.6 Å². The van der Waals surface area contributed by atoms with Gasteiger partial charge in [0.15, 0.2) is 0 Å². The third kappa shape index (κ3) is 8.58. The van der Waals surface area contributed by atoms with Crippen LogP contribution in [0.15, 0.2) is 36.4 Å². The summed E-state index contributed by atoms with van der Waals surface area (Å²) in [6, 6.07) is 10.1. The van der Waals surface area contributed by atoms with Crippen LogP contribution < -0.4 is 16.0 Å². The van der Waals surface area contributed by atoms with Gasteiger partial charge in [-0.1, -0.05) is 35.3 Å². The van der Waals surface area contributed by atoms with E-state index >= 15 is 0 Å². The van der Waals surface area contributed by atoms with Gasteiger partial charge in [0.2, 0.25) is 0 Å². The average molecular weight is 439 g/mol. The molecule has 3 N–H and O–H groups in total. The number of hydrogen-bond donors (Lipinski definition) is 3. The summed E-state index contributed by atoms with van der Waals surface area (Å²) in [6.07, 6.45) is -0.0636. The predicted octanol–water partition coefficient (Wildman–Crippen LogP) is 4.78. The predicted molar refractivity (Wildman–Crippen MR) is 114 cm³/mol. The van der Waals surface area contributed by atoms with Crippen LogP contribution in [0.5, 0.6) is 0 Å². The van der Waals surface area contributed by atoms with Crippen molar-refractivity contribution in [3.63, 3.8) is 0 Å². The number of ether oxygens (including phenoxy) is 1. The number of nitrogens with one attached hydrogen (secondary N) is 3. The smallest absolute Gasteiger partial charge is 0.413 e. The van der Waals surface area contributed by atoms with E-state index in [0.717, 1.165) is 11.3 Å². The fraction of sp³-hybridized carbons (Fsp3) is 0.350. The van der Waals surface area contributed by atoms with Crippen LogP contribution in [0.1, 0.15) is 32.0 Å². The van der Waals surface area contributed by atoms with Crippen molar-refractivity contribution in [2.45, 2.75) is 39.3 Å². The number of carbonyl (C=O) groups is 2. The van der Waals surface area contributed by atoms with E-state index in [1.807, 2.05) is 6.07 Å². The number of aromatic nitrogens is 1. The van der Waals surface area contributed by atoms with Gasteiger partial charge in [-0.3, -0.25) is 5.32 Å². The molecule has 1 aromatic heterocycles. The number of anilines is 1. The lowest BCUT2D eigenvalue weighted by atomic mass is 10.2. The van der Waals surface area contributed by atoms with Crippen LogP contribution in [0.4, 0.5) is 15.4 Å². The summed E-state index contributed by atoms with van der Waals surface area (Å²) in [5, 5.41) is 9.01. The molecule has 1 heterocycles. The first kappa shape index (κ1) is 22.8. The molecule has 0 saturated heterocycles. The van der Waals surface area contributed by atoms with Gasteiger partial charge in [0.25, 0.3) is 0 Å². The largest absolute Gasteiger partial charge is 0.444 e. The molecule has 3 amide bonds. The SMILES string of the molecule is CC(C)(C)OC(=O)Nc1cccc(CCNC(=O)NCc2ccc(Cl)c(Cl)c2)n1. The monoisotopic (exact) mass is 438 g/mol. The second-order valence-electron chi connectivity index (χ2n) is 7.25. The summed E-state index contributed by atoms with van der Waals surface area (Å²) in [5.41, 5.74) is 0.983. The summed E-state index contributed by atoms with van der Waals surface area (Å²) in [5.74, 6) is 0.390. The van der Waals surface area contributed by atoms with Gasteiger partial charge in [-0.05, 0) is 50.6 Å². The van der Waals surface area contributed by atoms with Crippen molar-refractivity contribution >= 4 is 41.1 Å². The topological polar surface area (TPSA) is 92.4 Å². The molecule has 0 unspecified atom stereocenters. The van der Waals surface area contributed by atoms with Gasteiger partial charge in [0.1, 0.15) is 11.4 Å². The minimum atomic E-state index is -0.587. The number of carbonyl (C=O) groups excluding carboxylic acids is 2. The summed E-state index contributed by atoms with van der Waals surface area (Å²) in [7, 11) is 0. The highest BCUT2D eigenvalue weighted by molar-refractivity contribution is 6.42. The minimum Gasteiger partial charge on any atom is -0.444 e. The Bertz CT molecular complexity index is 869. The standard InChI is InChI=1S/C20H24Cl2N4O3/c1-20(2,3)29-19(28)26-17-6-4-5-14(25-17)9-10-23-18(27)24-12-13-7-8-15(21)16(22)11-13/h4-8,11H,9-10,12H2,1-3H3,(H2,23,24,27)(H,25,26,28). The number of halogens is 2. The summed E-state index contributed by atoms with van der Waals surface area (Å²) in [4.78, 5) is 28.1. The van der Waals surface area contributed by atoms with Crippen LogP contribution in [0.3, 0.4) is 0 Å². The quantitative estimate of drug-likeness (QED) is 0.604. The zero-order valence-corrected chi connectivity index (χ0v) is 18.0. The summed E-state index contributed by atoms with van der Waals surface area (Å²) < 4.78 is 5.20. The first-order valence-corrected chi connectivity index (χ1v) is 9.79. The summed E-state index contributed by atoms with van der Waals surface area (Å²) >= 11 is 11.8. The van der Waals surface area contributed by atoms with Crippen LogP contribution in [-0.4, -0.2) is 29.3 Å². The maximum Gasteiger partial charge on any atom is 0.413 e. The second-order valence-corrected chi connectivity index (χ2v) is 8.06. The van der Waals surface area contributed by atoms with Crippen LogP contribution >= 0.6 is 23.2 Å². The lowest BCUT2D eigenvalue weighted by Crippen LogP contribution is -2.36. The molecule has 0 saturated carbocycles. The number of nitrogens with zero attached hydrogens (tertiary/aromatic N) is 1. The number of hydrogen-bond acceptors (Lipinski definition) is 4. The van der Waals surface area contributed by atoms with Crippen molar-refractivity contribution in [2.75, 3.05) is 11.9 Å². The Hall–Kier alpha value is -2.51. The number of pyridine rings is 1. The highest BCUT2D eigenvalue weighted by Gasteiger charge is 2.16. The minimum absolute atomic E-state index is 0.306. The highest BCUT2D eigenvalue weighted by Crippen LogP contribution is 2.22. The Kier molecular flexibility index (Phi) is 8.10. The molecule has 1 aromatic carbocycles. The van der Waals surface area contributed by atoms with E-state index in [4.69, 9.17) is 27.9 Å². The molecule has 0 aliphatic rings. The van der Waals surface area contributed by atoms with E-state index in [1.54, 1.807) is 51.1 Å². The molecule has 0 bridgehead atoms. The van der Waals surface area contributed by atoms with Gasteiger partial charge in [-0.2, -0.15) is 0 Å². The Morgan fingerprint density at radius 1 is 1.07 bits per heavy atom. The Balaban J connectivity index is 1.76. The Labute approximate surface area is 180 Å². The van der Waals surface area contributed by atoms with Crippen LogP contribution in [0.25, 0.3) is 0 Å². The molecular formula is C20H24Cl2N4O3. The molecule has 9 heteroatoms. The van der Waals surface area contributed by atoms with Gasteiger partial charge in [0.05, 0.1) is 10.0 Å². The van der Waals surface area contributed by atoms with Crippen molar-refractivity contribution in [3.05, 3.63) is 57.7 Å². The Morgan fingerprint density at radius 3 is 2.52 bits per heavy atom. The molecule has 2 aromatic rings. The molecule has 2 rings (SSSR count). The van der Waals surface area contributed by atoms with Crippen LogP contribution in [0.2, 0.25) is 10.0 Å². The fourth-order valence-electron chi connectivity index (χ4n) is 2.30. The van der Waals surface area contributed by atoms with Crippen molar-refractivity contribution in [1.29, 1.82) is 0 Å². The van der Waals surface area contributed by atoms with Crippen molar-refractivity contribution in [3.8, 4) is 0 Å². The molecule has 0 aliphatic heterocycles. The zero-order chi connectivity index (χ0) is 21.4. The highest BCUT2D eigenvalue weighted by atomic mass is 35.5. The van der Waals surface area contributed by atoms with Crippen molar-refractivity contribution < 1.29 is 14.3 Å². The van der Waals surface area contributed by atoms with E-state index in [0.29, 0.717) is 35.4 Å². The van der Waals surface area contributed by atoms with Crippen LogP contribution in [0, 0.1) is 0 Å². The second kappa shape index (κ2) is 10.3. The van der Waals surface area contributed by atoms with Gasteiger partial charge in [0, 0.05) is 25.2 Å². The number of amides is 3. The Morgan fingerprint density at radius 2 is 1.83 bits per heavy atom. The molecular weight excluding hydrogens is 415 g/mol. The molecule has 0 radical (unpaired) electrons. The lowest BCUT2D eigenvalue weighted by Gasteiger charge is -2.19. The van der Waals surface area contributed by atoms with Crippen molar-refractivity contribution in [1.82, 2.24) is 15.6 Å². The molecule has 7 nitrogen and oxygen atoms in total. The van der Waals surface area contributed by atoms with Crippen LogP contribution in [-0.2, 0) is 17.7 Å². The molecule has 0 fully saturated rings. The third-order valence-corrected chi connectivity index (χ3v) is 4.28. The maximum atomic E-state index is 11.9. The summed E-state index contributed by atoms with van der Waals surface area (Å²) in [6.45, 7) is 6.07. The molecule has 0 atom stereocenters. The van der Waals surface area contributed by atoms with Crippen molar-refractivity contribution in [2.24, 2.45) is 0 Å². The molecule has 0 aliphatic carbocycles. The van der Waals surface area contributed by atoms with Gasteiger partial charge < -0.3 is 15.4 Å². The van der Waals surface area contributed by atoms with E-state index in [9.17, 15) is 9.59 Å². The first-order valence-electron chi connectivity index (χ1n) is 9.04.